The van der Waals surface area contributed by atoms with Gasteiger partial charge in [-0.05, 0) is 35.7 Å². The van der Waals surface area contributed by atoms with Gasteiger partial charge in [0.1, 0.15) is 0 Å². The maximum Gasteiger partial charge on any atom is 0.416 e. The van der Waals surface area contributed by atoms with E-state index in [1.165, 1.54) is 6.07 Å². The summed E-state index contributed by atoms with van der Waals surface area (Å²) in [5, 5.41) is 0. The molecule has 2 aromatic rings. The number of hydrogen-bond acceptors (Lipinski definition) is 1. The number of aryl methyl sites for hydroxylation is 1. The molecule has 19 heavy (non-hydrogen) atoms. The second-order valence-electron chi connectivity index (χ2n) is 4.23. The number of carbonyl (C=O) groups excluding carboxylic acids is 1. The van der Waals surface area contributed by atoms with Crippen molar-refractivity contribution in [2.45, 2.75) is 13.1 Å². The summed E-state index contributed by atoms with van der Waals surface area (Å²) >= 11 is 0. The van der Waals surface area contributed by atoms with Crippen molar-refractivity contribution < 1.29 is 18.0 Å². The Morgan fingerprint density at radius 1 is 1.00 bits per heavy atom. The lowest BCUT2D eigenvalue weighted by Gasteiger charge is -2.12. The van der Waals surface area contributed by atoms with E-state index in [-0.39, 0.29) is 0 Å². The minimum absolute atomic E-state index is 0.463. The molecule has 0 amide bonds. The van der Waals surface area contributed by atoms with Crippen LogP contribution in [0.15, 0.2) is 42.5 Å². The smallest absolute Gasteiger partial charge is 0.298 e. The molecular weight excluding hydrogens is 253 g/mol. The van der Waals surface area contributed by atoms with Gasteiger partial charge in [0, 0.05) is 5.56 Å². The van der Waals surface area contributed by atoms with Crippen LogP contribution in [-0.4, -0.2) is 6.29 Å². The largest absolute Gasteiger partial charge is 0.416 e. The Kier molecular flexibility index (Phi) is 3.42. The molecule has 0 unspecified atom stereocenters. The molecule has 1 nitrogen and oxygen atoms in total. The Bertz CT molecular complexity index is 615. The second-order valence-corrected chi connectivity index (χ2v) is 4.23. The first kappa shape index (κ1) is 13.3. The van der Waals surface area contributed by atoms with E-state index in [1.54, 1.807) is 31.2 Å². The SMILES string of the molecule is Cc1cc(C(F)(F)F)ccc1-c1ccccc1C=O. The number of alkyl halides is 3. The summed E-state index contributed by atoms with van der Waals surface area (Å²) in [4.78, 5) is 11.0. The van der Waals surface area contributed by atoms with Gasteiger partial charge < -0.3 is 0 Å². The lowest BCUT2D eigenvalue weighted by Crippen LogP contribution is -2.05. The molecule has 98 valence electrons. The monoisotopic (exact) mass is 264 g/mol. The zero-order chi connectivity index (χ0) is 14.0. The Balaban J connectivity index is 2.56. The molecular formula is C15H11F3O. The fraction of sp³-hybridized carbons (Fsp3) is 0.133. The van der Waals surface area contributed by atoms with E-state index in [0.717, 1.165) is 12.1 Å². The lowest BCUT2D eigenvalue weighted by atomic mass is 9.95. The molecule has 0 bridgehead atoms. The van der Waals surface area contributed by atoms with Crippen molar-refractivity contribution in [1.29, 1.82) is 0 Å². The van der Waals surface area contributed by atoms with Crippen LogP contribution in [0.1, 0.15) is 21.5 Å². The van der Waals surface area contributed by atoms with E-state index in [9.17, 15) is 18.0 Å². The quantitative estimate of drug-likeness (QED) is 0.730. The lowest BCUT2D eigenvalue weighted by molar-refractivity contribution is -0.137. The summed E-state index contributed by atoms with van der Waals surface area (Å²) < 4.78 is 37.8. The predicted octanol–water partition coefficient (Wildman–Crippen LogP) is 4.49. The first-order valence-corrected chi connectivity index (χ1v) is 5.66. The van der Waals surface area contributed by atoms with Gasteiger partial charge in [0.05, 0.1) is 5.56 Å². The molecule has 0 aromatic heterocycles. The Hall–Kier alpha value is -2.10. The standard InChI is InChI=1S/C15H11F3O/c1-10-8-12(15(16,17)18)6-7-13(10)14-5-3-2-4-11(14)9-19/h2-9H,1H3. The van der Waals surface area contributed by atoms with Crippen molar-refractivity contribution in [1.82, 2.24) is 0 Å². The maximum absolute atomic E-state index is 12.6. The van der Waals surface area contributed by atoms with Crippen molar-refractivity contribution >= 4 is 6.29 Å². The average Bonchev–Trinajstić information content (AvgIpc) is 2.37. The van der Waals surface area contributed by atoms with Gasteiger partial charge in [-0.1, -0.05) is 30.3 Å². The third-order valence-corrected chi connectivity index (χ3v) is 2.93. The molecule has 0 heterocycles. The molecule has 0 aliphatic heterocycles. The minimum Gasteiger partial charge on any atom is -0.298 e. The van der Waals surface area contributed by atoms with Crippen LogP contribution in [-0.2, 0) is 6.18 Å². The number of halogens is 3. The van der Waals surface area contributed by atoms with E-state index >= 15 is 0 Å². The topological polar surface area (TPSA) is 17.1 Å². The number of carbonyl (C=O) groups is 1. The van der Waals surface area contributed by atoms with E-state index < -0.39 is 11.7 Å². The van der Waals surface area contributed by atoms with Crippen LogP contribution >= 0.6 is 0 Å². The highest BCUT2D eigenvalue weighted by Crippen LogP contribution is 2.33. The van der Waals surface area contributed by atoms with Gasteiger partial charge in [0.25, 0.3) is 0 Å². The van der Waals surface area contributed by atoms with E-state index in [1.807, 2.05) is 0 Å². The van der Waals surface area contributed by atoms with Crippen LogP contribution in [0.2, 0.25) is 0 Å². The molecule has 2 rings (SSSR count). The van der Waals surface area contributed by atoms with Gasteiger partial charge >= 0.3 is 6.18 Å². The van der Waals surface area contributed by atoms with Gasteiger partial charge in [0.15, 0.2) is 6.29 Å². The summed E-state index contributed by atoms with van der Waals surface area (Å²) in [6, 6.07) is 10.4. The van der Waals surface area contributed by atoms with Gasteiger partial charge in [-0.25, -0.2) is 0 Å². The first-order chi connectivity index (χ1) is 8.93. The van der Waals surface area contributed by atoms with Gasteiger partial charge in [0.2, 0.25) is 0 Å². The predicted molar refractivity (Wildman–Crippen MR) is 67.0 cm³/mol. The molecule has 0 radical (unpaired) electrons. The van der Waals surface area contributed by atoms with Gasteiger partial charge in [-0.15, -0.1) is 0 Å². The number of hydrogen-bond donors (Lipinski definition) is 0. The Morgan fingerprint density at radius 3 is 2.26 bits per heavy atom. The van der Waals surface area contributed by atoms with Gasteiger partial charge in [-0.2, -0.15) is 13.2 Å². The van der Waals surface area contributed by atoms with E-state index in [0.29, 0.717) is 28.5 Å². The Morgan fingerprint density at radius 2 is 1.68 bits per heavy atom. The maximum atomic E-state index is 12.6. The molecule has 0 saturated carbocycles. The van der Waals surface area contributed by atoms with Crippen molar-refractivity contribution in [2.75, 3.05) is 0 Å². The van der Waals surface area contributed by atoms with Crippen molar-refractivity contribution in [3.63, 3.8) is 0 Å². The normalized spacial score (nSPS) is 11.4. The molecule has 2 aromatic carbocycles. The average molecular weight is 264 g/mol. The van der Waals surface area contributed by atoms with Crippen LogP contribution in [0.5, 0.6) is 0 Å². The van der Waals surface area contributed by atoms with Gasteiger partial charge in [-0.3, -0.25) is 4.79 Å². The number of rotatable bonds is 2. The molecule has 0 saturated heterocycles. The fourth-order valence-electron chi connectivity index (χ4n) is 1.99. The summed E-state index contributed by atoms with van der Waals surface area (Å²) in [5.41, 5.74) is 1.55. The van der Waals surface area contributed by atoms with E-state index in [2.05, 4.69) is 0 Å². The van der Waals surface area contributed by atoms with E-state index in [4.69, 9.17) is 0 Å². The number of benzene rings is 2. The fourth-order valence-corrected chi connectivity index (χ4v) is 1.99. The summed E-state index contributed by atoms with van der Waals surface area (Å²) in [5.74, 6) is 0. The van der Waals surface area contributed by atoms with Crippen LogP contribution in [0.25, 0.3) is 11.1 Å². The second kappa shape index (κ2) is 4.88. The zero-order valence-electron chi connectivity index (χ0n) is 10.2. The zero-order valence-corrected chi connectivity index (χ0v) is 10.2. The molecule has 0 atom stereocenters. The molecule has 0 aliphatic rings. The third-order valence-electron chi connectivity index (χ3n) is 2.93. The minimum atomic E-state index is -4.35. The van der Waals surface area contributed by atoms with Crippen molar-refractivity contribution in [2.24, 2.45) is 0 Å². The highest BCUT2D eigenvalue weighted by atomic mass is 19.4. The summed E-state index contributed by atoms with van der Waals surface area (Å²) in [7, 11) is 0. The summed E-state index contributed by atoms with van der Waals surface area (Å²) in [6.45, 7) is 1.60. The molecule has 4 heteroatoms. The molecule has 0 aliphatic carbocycles. The van der Waals surface area contributed by atoms with Crippen LogP contribution in [0.4, 0.5) is 13.2 Å². The number of aldehydes is 1. The first-order valence-electron chi connectivity index (χ1n) is 5.66. The van der Waals surface area contributed by atoms with Crippen LogP contribution in [0.3, 0.4) is 0 Å². The van der Waals surface area contributed by atoms with Crippen molar-refractivity contribution in [3.8, 4) is 11.1 Å². The third kappa shape index (κ3) is 2.67. The highest BCUT2D eigenvalue weighted by molar-refractivity contribution is 5.88. The molecule has 0 N–H and O–H groups in total. The van der Waals surface area contributed by atoms with Crippen LogP contribution < -0.4 is 0 Å². The molecule has 0 fully saturated rings. The Labute approximate surface area is 108 Å². The highest BCUT2D eigenvalue weighted by Gasteiger charge is 2.30. The van der Waals surface area contributed by atoms with Crippen LogP contribution in [0, 0.1) is 6.92 Å². The summed E-state index contributed by atoms with van der Waals surface area (Å²) in [6.07, 6.45) is -3.65. The molecule has 0 spiro atoms. The van der Waals surface area contributed by atoms with Crippen molar-refractivity contribution in [3.05, 3.63) is 59.2 Å².